The van der Waals surface area contributed by atoms with Crippen molar-refractivity contribution in [3.05, 3.63) is 24.3 Å². The fourth-order valence-corrected chi connectivity index (χ4v) is 3.42. The Kier molecular flexibility index (Phi) is 4.67. The lowest BCUT2D eigenvalue weighted by atomic mass is 10.1. The smallest absolute Gasteiger partial charge is 0.240 e. The fraction of sp³-hybridized carbons (Fsp3) is 0.571. The van der Waals surface area contributed by atoms with E-state index in [-0.39, 0.29) is 10.9 Å². The van der Waals surface area contributed by atoms with Gasteiger partial charge in [0.25, 0.3) is 0 Å². The molecule has 1 aromatic rings. The largest absolute Gasteiger partial charge is 0.366 e. The van der Waals surface area contributed by atoms with Crippen molar-refractivity contribution in [3.8, 4) is 0 Å². The normalized spacial score (nSPS) is 19.5. The molecule has 1 fully saturated rings. The topological polar surface area (TPSA) is 75.4 Å². The third-order valence-electron chi connectivity index (χ3n) is 3.68. The van der Waals surface area contributed by atoms with E-state index in [0.717, 1.165) is 19.5 Å². The molecule has 1 atom stereocenters. The molecule has 5 nitrogen and oxygen atoms in total. The van der Waals surface area contributed by atoms with E-state index in [0.29, 0.717) is 11.7 Å². The second-order valence-electron chi connectivity index (χ2n) is 5.55. The van der Waals surface area contributed by atoms with Gasteiger partial charge in [-0.1, -0.05) is 12.1 Å². The van der Waals surface area contributed by atoms with Crippen LogP contribution in [-0.2, 0) is 10.0 Å². The van der Waals surface area contributed by atoms with Crippen LogP contribution in [-0.4, -0.2) is 33.6 Å². The number of rotatable bonds is 5. The number of nitrogens with two attached hydrogens (primary N) is 1. The first-order valence-corrected chi connectivity index (χ1v) is 8.56. The molecule has 0 spiro atoms. The molecule has 112 valence electrons. The summed E-state index contributed by atoms with van der Waals surface area (Å²) in [6.45, 7) is 5.96. The zero-order valence-electron chi connectivity index (χ0n) is 12.0. The Morgan fingerprint density at radius 3 is 2.65 bits per heavy atom. The molecule has 1 aliphatic heterocycles. The van der Waals surface area contributed by atoms with Crippen molar-refractivity contribution in [2.45, 2.75) is 43.7 Å². The molecule has 3 N–H and O–H groups in total. The lowest BCUT2D eigenvalue weighted by molar-refractivity contribution is 0.549. The molecule has 0 saturated carbocycles. The van der Waals surface area contributed by atoms with Crippen molar-refractivity contribution >= 4 is 15.7 Å². The van der Waals surface area contributed by atoms with Gasteiger partial charge in [0.05, 0.1) is 5.69 Å². The molecule has 20 heavy (non-hydrogen) atoms. The number of hydrogen-bond donors (Lipinski definition) is 2. The van der Waals surface area contributed by atoms with Gasteiger partial charge in [-0.25, -0.2) is 13.6 Å². The van der Waals surface area contributed by atoms with Crippen molar-refractivity contribution in [1.29, 1.82) is 0 Å². The highest BCUT2D eigenvalue weighted by Gasteiger charge is 2.24. The molecule has 0 aliphatic carbocycles. The molecule has 1 aliphatic rings. The van der Waals surface area contributed by atoms with Gasteiger partial charge in [-0.3, -0.25) is 0 Å². The zero-order chi connectivity index (χ0) is 14.8. The summed E-state index contributed by atoms with van der Waals surface area (Å²) in [6, 6.07) is 7.57. The van der Waals surface area contributed by atoms with Crippen molar-refractivity contribution in [1.82, 2.24) is 5.32 Å². The molecule has 6 heteroatoms. The van der Waals surface area contributed by atoms with Crippen LogP contribution >= 0.6 is 0 Å². The van der Waals surface area contributed by atoms with Crippen LogP contribution in [0.15, 0.2) is 29.2 Å². The second kappa shape index (κ2) is 6.11. The van der Waals surface area contributed by atoms with Gasteiger partial charge >= 0.3 is 0 Å². The van der Waals surface area contributed by atoms with Crippen LogP contribution in [0.5, 0.6) is 0 Å². The Balaban J connectivity index is 2.34. The molecule has 1 heterocycles. The summed E-state index contributed by atoms with van der Waals surface area (Å²) in [7, 11) is -3.71. The summed E-state index contributed by atoms with van der Waals surface area (Å²) < 4.78 is 23.5. The predicted molar refractivity (Wildman–Crippen MR) is 81.3 cm³/mol. The van der Waals surface area contributed by atoms with Crippen LogP contribution in [0, 0.1) is 0 Å². The first-order chi connectivity index (χ1) is 9.39. The van der Waals surface area contributed by atoms with Gasteiger partial charge < -0.3 is 10.2 Å². The zero-order valence-corrected chi connectivity index (χ0v) is 12.9. The Hall–Kier alpha value is -1.11. The maximum Gasteiger partial charge on any atom is 0.240 e. The lowest BCUT2D eigenvalue weighted by Crippen LogP contribution is -2.42. The van der Waals surface area contributed by atoms with Crippen molar-refractivity contribution in [2.24, 2.45) is 5.14 Å². The second-order valence-corrected chi connectivity index (χ2v) is 7.08. The van der Waals surface area contributed by atoms with Crippen LogP contribution in [0.3, 0.4) is 0 Å². The van der Waals surface area contributed by atoms with E-state index >= 15 is 0 Å². The molecule has 2 rings (SSSR count). The third-order valence-corrected chi connectivity index (χ3v) is 4.64. The minimum absolute atomic E-state index is 0.201. The molecule has 0 radical (unpaired) electrons. The number of anilines is 1. The maximum absolute atomic E-state index is 11.8. The fourth-order valence-electron chi connectivity index (χ4n) is 2.67. The Bertz CT molecular complexity index is 551. The number of sulfonamides is 1. The van der Waals surface area contributed by atoms with Crippen LogP contribution in [0.25, 0.3) is 0 Å². The summed E-state index contributed by atoms with van der Waals surface area (Å²) in [6.07, 6.45) is 2.30. The molecule has 0 aromatic heterocycles. The third kappa shape index (κ3) is 3.50. The monoisotopic (exact) mass is 297 g/mol. The lowest BCUT2D eigenvalue weighted by Gasteiger charge is -2.32. The van der Waals surface area contributed by atoms with Gasteiger partial charge in [-0.05, 0) is 45.4 Å². The number of para-hydroxylation sites is 1. The average molecular weight is 297 g/mol. The highest BCUT2D eigenvalue weighted by Crippen LogP contribution is 2.26. The summed E-state index contributed by atoms with van der Waals surface area (Å²) in [5.74, 6) is 0. The van der Waals surface area contributed by atoms with E-state index in [1.54, 1.807) is 12.1 Å². The molecule has 1 aromatic carbocycles. The van der Waals surface area contributed by atoms with Crippen LogP contribution < -0.4 is 15.4 Å². The summed E-state index contributed by atoms with van der Waals surface area (Å²) >= 11 is 0. The van der Waals surface area contributed by atoms with E-state index < -0.39 is 10.0 Å². The first kappa shape index (κ1) is 15.3. The molecule has 0 bridgehead atoms. The number of benzene rings is 1. The van der Waals surface area contributed by atoms with Crippen molar-refractivity contribution in [3.63, 3.8) is 0 Å². The quantitative estimate of drug-likeness (QED) is 0.859. The highest BCUT2D eigenvalue weighted by atomic mass is 32.2. The van der Waals surface area contributed by atoms with Crippen molar-refractivity contribution < 1.29 is 8.42 Å². The number of primary sulfonamides is 1. The first-order valence-electron chi connectivity index (χ1n) is 7.01. The molecule has 1 saturated heterocycles. The summed E-state index contributed by atoms with van der Waals surface area (Å²) in [4.78, 5) is 2.31. The van der Waals surface area contributed by atoms with Gasteiger partial charge in [0.15, 0.2) is 0 Å². The number of nitrogens with one attached hydrogen (secondary N) is 1. The molecular formula is C14H23N3O2S. The van der Waals surface area contributed by atoms with Gasteiger partial charge in [0, 0.05) is 18.6 Å². The van der Waals surface area contributed by atoms with Crippen LogP contribution in [0.1, 0.15) is 26.7 Å². The van der Waals surface area contributed by atoms with E-state index in [4.69, 9.17) is 5.14 Å². The van der Waals surface area contributed by atoms with Crippen LogP contribution in [0.2, 0.25) is 0 Å². The van der Waals surface area contributed by atoms with Crippen molar-refractivity contribution in [2.75, 3.05) is 18.0 Å². The molecule has 0 amide bonds. The summed E-state index contributed by atoms with van der Waals surface area (Å²) in [5.41, 5.74) is 0.693. The van der Waals surface area contributed by atoms with E-state index in [9.17, 15) is 8.42 Å². The number of nitrogens with zero attached hydrogens (tertiary/aromatic N) is 1. The SMILES string of the molecule is CC(C)N(CC1CCCN1)c1ccccc1S(N)(=O)=O. The van der Waals surface area contributed by atoms with Gasteiger partial charge in [0.2, 0.25) is 10.0 Å². The highest BCUT2D eigenvalue weighted by molar-refractivity contribution is 7.89. The summed E-state index contributed by atoms with van der Waals surface area (Å²) in [5, 5.41) is 8.78. The van der Waals surface area contributed by atoms with E-state index in [1.807, 2.05) is 12.1 Å². The molecular weight excluding hydrogens is 274 g/mol. The van der Waals surface area contributed by atoms with E-state index in [2.05, 4.69) is 24.1 Å². The Labute approximate surface area is 121 Å². The van der Waals surface area contributed by atoms with Crippen LogP contribution in [0.4, 0.5) is 5.69 Å². The van der Waals surface area contributed by atoms with Gasteiger partial charge in [-0.15, -0.1) is 0 Å². The predicted octanol–water partition coefficient (Wildman–Crippen LogP) is 1.30. The van der Waals surface area contributed by atoms with Gasteiger partial charge in [-0.2, -0.15) is 0 Å². The minimum atomic E-state index is -3.71. The van der Waals surface area contributed by atoms with Gasteiger partial charge in [0.1, 0.15) is 4.90 Å². The number of hydrogen-bond acceptors (Lipinski definition) is 4. The Morgan fingerprint density at radius 1 is 1.40 bits per heavy atom. The Morgan fingerprint density at radius 2 is 2.10 bits per heavy atom. The average Bonchev–Trinajstić information content (AvgIpc) is 2.87. The van der Waals surface area contributed by atoms with E-state index in [1.165, 1.54) is 6.42 Å². The molecule has 1 unspecified atom stereocenters. The maximum atomic E-state index is 11.8. The minimum Gasteiger partial charge on any atom is -0.366 e. The standard InChI is InChI=1S/C14H23N3O2S/c1-11(2)17(10-12-6-5-9-16-12)13-7-3-4-8-14(13)20(15,18)19/h3-4,7-8,11-12,16H,5-6,9-10H2,1-2H3,(H2,15,18,19).